The molecule has 0 radical (unpaired) electrons. The van der Waals surface area contributed by atoms with Gasteiger partial charge in [-0.2, -0.15) is 10.5 Å². The molecule has 0 saturated heterocycles. The van der Waals surface area contributed by atoms with Gasteiger partial charge in [-0.15, -0.1) is 0 Å². The van der Waals surface area contributed by atoms with Crippen LogP contribution in [0, 0.1) is 22.7 Å². The molecule has 0 aliphatic rings. The Morgan fingerprint density at radius 1 is 1.09 bits per heavy atom. The monoisotopic (exact) mass is 297 g/mol. The Hall–Kier alpha value is -3.63. The first-order valence-corrected chi connectivity index (χ1v) is 6.95. The molecule has 0 bridgehead atoms. The molecule has 1 N–H and O–H groups in total. The van der Waals surface area contributed by atoms with Crippen LogP contribution >= 0.6 is 0 Å². The minimum Gasteiger partial charge on any atom is -0.360 e. The lowest BCUT2D eigenvalue weighted by molar-refractivity contribution is 0.104. The number of nitriles is 2. The first-order valence-electron chi connectivity index (χ1n) is 6.95. The number of ketones is 1. The molecule has 4 nitrogen and oxygen atoms in total. The number of aromatic nitrogens is 1. The van der Waals surface area contributed by atoms with Crippen molar-refractivity contribution in [3.63, 3.8) is 0 Å². The van der Waals surface area contributed by atoms with Crippen LogP contribution in [0.5, 0.6) is 0 Å². The highest BCUT2D eigenvalue weighted by molar-refractivity contribution is 6.19. The minimum absolute atomic E-state index is 0.0323. The average Bonchev–Trinajstić information content (AvgIpc) is 3.03. The van der Waals surface area contributed by atoms with Gasteiger partial charge in [-0.05, 0) is 29.8 Å². The van der Waals surface area contributed by atoms with E-state index in [2.05, 4.69) is 4.98 Å². The SMILES string of the molecule is N#C/C(=C\c1cccc(C#N)c1)C(=O)c1c[nH]c2ccccc12. The number of carbonyl (C=O) groups excluding carboxylic acids is 1. The van der Waals surface area contributed by atoms with Crippen molar-refractivity contribution in [2.45, 2.75) is 0 Å². The summed E-state index contributed by atoms with van der Waals surface area (Å²) in [6.45, 7) is 0. The fourth-order valence-corrected chi connectivity index (χ4v) is 2.42. The zero-order chi connectivity index (χ0) is 16.2. The van der Waals surface area contributed by atoms with Gasteiger partial charge >= 0.3 is 0 Å². The van der Waals surface area contributed by atoms with Crippen LogP contribution in [0.4, 0.5) is 0 Å². The van der Waals surface area contributed by atoms with Crippen molar-refractivity contribution in [2.24, 2.45) is 0 Å². The number of hydrogen-bond acceptors (Lipinski definition) is 3. The van der Waals surface area contributed by atoms with Gasteiger partial charge < -0.3 is 4.98 Å². The number of carbonyl (C=O) groups is 1. The van der Waals surface area contributed by atoms with Crippen LogP contribution in [-0.4, -0.2) is 10.8 Å². The van der Waals surface area contributed by atoms with E-state index in [1.807, 2.05) is 36.4 Å². The highest BCUT2D eigenvalue weighted by Crippen LogP contribution is 2.21. The molecule has 0 aliphatic heterocycles. The Balaban J connectivity index is 2.04. The lowest BCUT2D eigenvalue weighted by Gasteiger charge is -1.99. The molecule has 0 saturated carbocycles. The molecule has 1 heterocycles. The predicted molar refractivity (Wildman–Crippen MR) is 87.4 cm³/mol. The number of rotatable bonds is 3. The van der Waals surface area contributed by atoms with Gasteiger partial charge in [0, 0.05) is 22.7 Å². The van der Waals surface area contributed by atoms with E-state index in [0.717, 1.165) is 10.9 Å². The topological polar surface area (TPSA) is 80.4 Å². The number of para-hydroxylation sites is 1. The molecular formula is C19H11N3O. The molecule has 108 valence electrons. The fraction of sp³-hybridized carbons (Fsp3) is 0. The summed E-state index contributed by atoms with van der Waals surface area (Å²) in [5, 5.41) is 19.0. The van der Waals surface area contributed by atoms with Crippen LogP contribution in [0.1, 0.15) is 21.5 Å². The molecule has 2 aromatic carbocycles. The molecule has 0 unspecified atom stereocenters. The van der Waals surface area contributed by atoms with Crippen LogP contribution < -0.4 is 0 Å². The summed E-state index contributed by atoms with van der Waals surface area (Å²) in [6, 6.07) is 18.2. The van der Waals surface area contributed by atoms with E-state index in [9.17, 15) is 10.1 Å². The Bertz CT molecular complexity index is 1010. The average molecular weight is 297 g/mol. The molecular weight excluding hydrogens is 286 g/mol. The summed E-state index contributed by atoms with van der Waals surface area (Å²) >= 11 is 0. The van der Waals surface area contributed by atoms with Crippen molar-refractivity contribution < 1.29 is 4.79 Å². The van der Waals surface area contributed by atoms with Crippen molar-refractivity contribution in [1.29, 1.82) is 10.5 Å². The molecule has 0 amide bonds. The fourth-order valence-electron chi connectivity index (χ4n) is 2.42. The summed E-state index contributed by atoms with van der Waals surface area (Å²) in [7, 11) is 0. The van der Waals surface area contributed by atoms with Crippen LogP contribution in [0.25, 0.3) is 17.0 Å². The molecule has 0 spiro atoms. The van der Waals surface area contributed by atoms with Crippen molar-refractivity contribution in [3.8, 4) is 12.1 Å². The Morgan fingerprint density at radius 3 is 2.70 bits per heavy atom. The van der Waals surface area contributed by atoms with E-state index in [1.165, 1.54) is 6.08 Å². The number of benzene rings is 2. The van der Waals surface area contributed by atoms with Crippen LogP contribution in [0.3, 0.4) is 0 Å². The molecule has 0 atom stereocenters. The summed E-state index contributed by atoms with van der Waals surface area (Å²) in [6.07, 6.45) is 3.12. The van der Waals surface area contributed by atoms with Gasteiger partial charge in [-0.1, -0.05) is 30.3 Å². The Kier molecular flexibility index (Phi) is 3.74. The van der Waals surface area contributed by atoms with Crippen LogP contribution in [0.2, 0.25) is 0 Å². The first-order chi connectivity index (χ1) is 11.2. The highest BCUT2D eigenvalue weighted by Gasteiger charge is 2.16. The third-order valence-corrected chi connectivity index (χ3v) is 3.53. The van der Waals surface area contributed by atoms with E-state index in [-0.39, 0.29) is 11.4 Å². The number of hydrogen-bond donors (Lipinski definition) is 1. The summed E-state index contributed by atoms with van der Waals surface area (Å²) in [4.78, 5) is 15.7. The maximum atomic E-state index is 12.6. The highest BCUT2D eigenvalue weighted by atomic mass is 16.1. The van der Waals surface area contributed by atoms with Gasteiger partial charge in [0.25, 0.3) is 0 Å². The molecule has 1 aromatic heterocycles. The number of aromatic amines is 1. The zero-order valence-electron chi connectivity index (χ0n) is 12.1. The van der Waals surface area contributed by atoms with E-state index in [1.54, 1.807) is 30.5 Å². The van der Waals surface area contributed by atoms with E-state index >= 15 is 0 Å². The maximum Gasteiger partial charge on any atom is 0.205 e. The van der Waals surface area contributed by atoms with E-state index in [4.69, 9.17) is 5.26 Å². The number of Topliss-reactive ketones (excluding diaryl/α,β-unsaturated/α-hetero) is 1. The quantitative estimate of drug-likeness (QED) is 0.453. The van der Waals surface area contributed by atoms with Crippen LogP contribution in [0.15, 0.2) is 60.3 Å². The molecule has 23 heavy (non-hydrogen) atoms. The molecule has 3 aromatic rings. The number of nitrogens with one attached hydrogen (secondary N) is 1. The van der Waals surface area contributed by atoms with Gasteiger partial charge in [-0.3, -0.25) is 4.79 Å². The number of H-pyrrole nitrogens is 1. The third kappa shape index (κ3) is 2.74. The summed E-state index contributed by atoms with van der Waals surface area (Å²) in [5.41, 5.74) is 2.47. The maximum absolute atomic E-state index is 12.6. The lowest BCUT2D eigenvalue weighted by Crippen LogP contribution is -2.01. The van der Waals surface area contributed by atoms with Gasteiger partial charge in [0.2, 0.25) is 5.78 Å². The molecule has 3 rings (SSSR count). The van der Waals surface area contributed by atoms with Gasteiger partial charge in [0.15, 0.2) is 0 Å². The molecule has 0 fully saturated rings. The second kappa shape index (κ2) is 6.01. The Labute approximate surface area is 132 Å². The standard InChI is InChI=1S/C19H11N3O/c20-10-14-5-3-4-13(8-14)9-15(11-21)19(23)17-12-22-18-7-2-1-6-16(17)18/h1-9,12,22H/b15-9+. The second-order valence-corrected chi connectivity index (χ2v) is 4.98. The van der Waals surface area contributed by atoms with E-state index < -0.39 is 0 Å². The van der Waals surface area contributed by atoms with Crippen molar-refractivity contribution >= 4 is 22.8 Å². The predicted octanol–water partition coefficient (Wildman–Crippen LogP) is 3.83. The normalized spacial score (nSPS) is 11.0. The summed E-state index contributed by atoms with van der Waals surface area (Å²) in [5.74, 6) is -0.340. The Morgan fingerprint density at radius 2 is 1.91 bits per heavy atom. The molecule has 4 heteroatoms. The smallest absolute Gasteiger partial charge is 0.205 e. The third-order valence-electron chi connectivity index (χ3n) is 3.53. The second-order valence-electron chi connectivity index (χ2n) is 4.98. The number of allylic oxidation sites excluding steroid dienone is 1. The van der Waals surface area contributed by atoms with E-state index in [0.29, 0.717) is 16.7 Å². The lowest BCUT2D eigenvalue weighted by atomic mass is 10.0. The van der Waals surface area contributed by atoms with Crippen molar-refractivity contribution in [2.75, 3.05) is 0 Å². The minimum atomic E-state index is -0.340. The van der Waals surface area contributed by atoms with Crippen LogP contribution in [-0.2, 0) is 0 Å². The van der Waals surface area contributed by atoms with Gasteiger partial charge in [0.05, 0.1) is 11.6 Å². The summed E-state index contributed by atoms with van der Waals surface area (Å²) < 4.78 is 0. The zero-order valence-corrected chi connectivity index (χ0v) is 12.1. The number of nitrogens with zero attached hydrogens (tertiary/aromatic N) is 2. The first kappa shape index (κ1) is 14.3. The van der Waals surface area contributed by atoms with Crippen molar-refractivity contribution in [1.82, 2.24) is 4.98 Å². The van der Waals surface area contributed by atoms with Gasteiger partial charge in [-0.25, -0.2) is 0 Å². The van der Waals surface area contributed by atoms with Gasteiger partial charge in [0.1, 0.15) is 11.6 Å². The number of fused-ring (bicyclic) bond motifs is 1. The molecule has 0 aliphatic carbocycles. The largest absolute Gasteiger partial charge is 0.360 e. The van der Waals surface area contributed by atoms with Crippen molar-refractivity contribution in [3.05, 3.63) is 77.0 Å².